The Hall–Kier alpha value is -2.15. The third-order valence-corrected chi connectivity index (χ3v) is 2.24. The second kappa shape index (κ2) is 5.46. The molecule has 0 fully saturated rings. The maximum atomic E-state index is 10.6. The van der Waals surface area contributed by atoms with E-state index in [1.807, 2.05) is 0 Å². The van der Waals surface area contributed by atoms with Crippen LogP contribution < -0.4 is 4.74 Å². The molecule has 0 saturated heterocycles. The first-order chi connectivity index (χ1) is 8.69. The molecule has 7 nitrogen and oxygen atoms in total. The third-order valence-electron chi connectivity index (χ3n) is 2.01. The number of halogens is 1. The van der Waals surface area contributed by atoms with Gasteiger partial charge < -0.3 is 9.15 Å². The summed E-state index contributed by atoms with van der Waals surface area (Å²) in [6.45, 7) is 0.0328. The number of nitro groups is 1. The Kier molecular flexibility index (Phi) is 3.73. The van der Waals surface area contributed by atoms with Gasteiger partial charge in [0.15, 0.2) is 6.61 Å². The normalized spacial score (nSPS) is 10.3. The van der Waals surface area contributed by atoms with Crippen LogP contribution in [-0.2, 0) is 12.5 Å². The second-order valence-electron chi connectivity index (χ2n) is 3.27. The van der Waals surface area contributed by atoms with Crippen LogP contribution in [0.4, 0.5) is 5.69 Å². The molecule has 0 aliphatic carbocycles. The third kappa shape index (κ3) is 2.95. The van der Waals surface area contributed by atoms with Gasteiger partial charge in [-0.05, 0) is 6.07 Å². The number of benzene rings is 1. The van der Waals surface area contributed by atoms with Crippen LogP contribution in [0.5, 0.6) is 5.75 Å². The van der Waals surface area contributed by atoms with Crippen LogP contribution in [0, 0.1) is 10.1 Å². The van der Waals surface area contributed by atoms with Crippen molar-refractivity contribution in [2.75, 3.05) is 0 Å². The fourth-order valence-corrected chi connectivity index (χ4v) is 1.34. The van der Waals surface area contributed by atoms with Gasteiger partial charge in [-0.1, -0.05) is 6.07 Å². The van der Waals surface area contributed by atoms with Gasteiger partial charge in [0.2, 0.25) is 5.89 Å². The molecule has 2 rings (SSSR count). The summed E-state index contributed by atoms with van der Waals surface area (Å²) in [7, 11) is 0. The minimum absolute atomic E-state index is 0.0328. The smallest absolute Gasteiger partial charge is 0.273 e. The standard InChI is InChI=1S/C10H8ClN3O4/c11-5-9-12-13-10(18-9)6-17-8-3-1-2-7(4-8)14(15)16/h1-4H,5-6H2. The summed E-state index contributed by atoms with van der Waals surface area (Å²) in [6.07, 6.45) is 0. The second-order valence-corrected chi connectivity index (χ2v) is 3.53. The highest BCUT2D eigenvalue weighted by atomic mass is 35.5. The van der Waals surface area contributed by atoms with E-state index in [4.69, 9.17) is 20.8 Å². The molecule has 0 atom stereocenters. The van der Waals surface area contributed by atoms with Gasteiger partial charge in [-0.25, -0.2) is 0 Å². The SMILES string of the molecule is O=[N+]([O-])c1cccc(OCc2nnc(CCl)o2)c1. The van der Waals surface area contributed by atoms with E-state index < -0.39 is 4.92 Å². The van der Waals surface area contributed by atoms with E-state index >= 15 is 0 Å². The van der Waals surface area contributed by atoms with Crippen LogP contribution in [0.3, 0.4) is 0 Å². The van der Waals surface area contributed by atoms with Crippen molar-refractivity contribution in [2.24, 2.45) is 0 Å². The summed E-state index contributed by atoms with van der Waals surface area (Å²) >= 11 is 5.50. The quantitative estimate of drug-likeness (QED) is 0.470. The molecule has 0 unspecified atom stereocenters. The number of nitrogens with zero attached hydrogens (tertiary/aromatic N) is 3. The van der Waals surface area contributed by atoms with Crippen LogP contribution in [0.1, 0.15) is 11.8 Å². The summed E-state index contributed by atoms with van der Waals surface area (Å²) in [6, 6.07) is 5.83. The summed E-state index contributed by atoms with van der Waals surface area (Å²) in [5.74, 6) is 1.05. The van der Waals surface area contributed by atoms with Crippen molar-refractivity contribution in [3.8, 4) is 5.75 Å². The number of ether oxygens (including phenoxy) is 1. The molecule has 94 valence electrons. The number of alkyl halides is 1. The van der Waals surface area contributed by atoms with E-state index in [0.717, 1.165) is 0 Å². The molecule has 1 aromatic heterocycles. The molecule has 0 radical (unpaired) electrons. The molecule has 1 heterocycles. The molecule has 0 aliphatic heterocycles. The predicted molar refractivity (Wildman–Crippen MR) is 61.3 cm³/mol. The summed E-state index contributed by atoms with van der Waals surface area (Å²) in [5, 5.41) is 17.9. The topological polar surface area (TPSA) is 91.3 Å². The zero-order chi connectivity index (χ0) is 13.0. The number of hydrogen-bond acceptors (Lipinski definition) is 6. The van der Waals surface area contributed by atoms with E-state index in [1.165, 1.54) is 18.2 Å². The molecule has 0 saturated carbocycles. The average molecular weight is 270 g/mol. The summed E-state index contributed by atoms with van der Waals surface area (Å²) < 4.78 is 10.4. The molecule has 1 aromatic carbocycles. The van der Waals surface area contributed by atoms with Gasteiger partial charge in [0.05, 0.1) is 11.0 Å². The first-order valence-electron chi connectivity index (χ1n) is 4.93. The number of nitro benzene ring substituents is 1. The maximum Gasteiger partial charge on any atom is 0.273 e. The van der Waals surface area contributed by atoms with E-state index in [-0.39, 0.29) is 24.1 Å². The molecular weight excluding hydrogens is 262 g/mol. The Balaban J connectivity index is 2.01. The molecule has 0 bridgehead atoms. The molecular formula is C10H8ClN3O4. The van der Waals surface area contributed by atoms with Crippen molar-refractivity contribution >= 4 is 17.3 Å². The predicted octanol–water partition coefficient (Wildman–Crippen LogP) is 2.30. The Morgan fingerprint density at radius 2 is 2.17 bits per heavy atom. The highest BCUT2D eigenvalue weighted by Gasteiger charge is 2.08. The monoisotopic (exact) mass is 269 g/mol. The lowest BCUT2D eigenvalue weighted by molar-refractivity contribution is -0.384. The largest absolute Gasteiger partial charge is 0.484 e. The first kappa shape index (κ1) is 12.3. The first-order valence-corrected chi connectivity index (χ1v) is 5.47. The van der Waals surface area contributed by atoms with Gasteiger partial charge in [0, 0.05) is 6.07 Å². The van der Waals surface area contributed by atoms with Crippen LogP contribution >= 0.6 is 11.6 Å². The van der Waals surface area contributed by atoms with Gasteiger partial charge in [0.25, 0.3) is 11.6 Å². The lowest BCUT2D eigenvalue weighted by atomic mass is 10.3. The van der Waals surface area contributed by atoms with Gasteiger partial charge in [-0.15, -0.1) is 21.8 Å². The molecule has 8 heteroatoms. The number of rotatable bonds is 5. The van der Waals surface area contributed by atoms with Crippen molar-refractivity contribution in [3.05, 3.63) is 46.2 Å². The highest BCUT2D eigenvalue weighted by molar-refractivity contribution is 6.16. The van der Waals surface area contributed by atoms with Crippen LogP contribution in [-0.4, -0.2) is 15.1 Å². The molecule has 0 aliphatic rings. The zero-order valence-corrected chi connectivity index (χ0v) is 9.83. The van der Waals surface area contributed by atoms with Crippen molar-refractivity contribution in [1.29, 1.82) is 0 Å². The lowest BCUT2D eigenvalue weighted by Gasteiger charge is -2.02. The van der Waals surface area contributed by atoms with Gasteiger partial charge in [0.1, 0.15) is 11.6 Å². The van der Waals surface area contributed by atoms with E-state index in [9.17, 15) is 10.1 Å². The Morgan fingerprint density at radius 3 is 2.83 bits per heavy atom. The Labute approximate surface area is 106 Å². The highest BCUT2D eigenvalue weighted by Crippen LogP contribution is 2.19. The van der Waals surface area contributed by atoms with Crippen molar-refractivity contribution in [2.45, 2.75) is 12.5 Å². The minimum Gasteiger partial charge on any atom is -0.484 e. The molecule has 18 heavy (non-hydrogen) atoms. The number of hydrogen-bond donors (Lipinski definition) is 0. The van der Waals surface area contributed by atoms with Crippen molar-refractivity contribution in [1.82, 2.24) is 10.2 Å². The average Bonchev–Trinajstić information content (AvgIpc) is 2.84. The molecule has 2 aromatic rings. The van der Waals surface area contributed by atoms with Gasteiger partial charge >= 0.3 is 0 Å². The Morgan fingerprint density at radius 1 is 1.39 bits per heavy atom. The van der Waals surface area contributed by atoms with Crippen LogP contribution in [0.15, 0.2) is 28.7 Å². The summed E-state index contributed by atoms with van der Waals surface area (Å²) in [4.78, 5) is 10.1. The summed E-state index contributed by atoms with van der Waals surface area (Å²) in [5.41, 5.74) is -0.0422. The van der Waals surface area contributed by atoms with Gasteiger partial charge in [-0.2, -0.15) is 0 Å². The number of aromatic nitrogens is 2. The fourth-order valence-electron chi connectivity index (χ4n) is 1.23. The minimum atomic E-state index is -0.495. The van der Waals surface area contributed by atoms with Crippen LogP contribution in [0.25, 0.3) is 0 Å². The van der Waals surface area contributed by atoms with Crippen molar-refractivity contribution in [3.63, 3.8) is 0 Å². The number of non-ortho nitro benzene ring substituents is 1. The van der Waals surface area contributed by atoms with Crippen LogP contribution in [0.2, 0.25) is 0 Å². The van der Waals surface area contributed by atoms with E-state index in [0.29, 0.717) is 11.6 Å². The Bertz CT molecular complexity index is 558. The molecule has 0 N–H and O–H groups in total. The fraction of sp³-hybridized carbons (Fsp3) is 0.200. The van der Waals surface area contributed by atoms with E-state index in [2.05, 4.69) is 10.2 Å². The zero-order valence-electron chi connectivity index (χ0n) is 9.08. The van der Waals surface area contributed by atoms with Gasteiger partial charge in [-0.3, -0.25) is 10.1 Å². The molecule has 0 spiro atoms. The van der Waals surface area contributed by atoms with Crippen molar-refractivity contribution < 1.29 is 14.1 Å². The van der Waals surface area contributed by atoms with E-state index in [1.54, 1.807) is 6.07 Å². The lowest BCUT2D eigenvalue weighted by Crippen LogP contribution is -1.96. The maximum absolute atomic E-state index is 10.6. The molecule has 0 amide bonds.